The van der Waals surface area contributed by atoms with E-state index in [1.54, 1.807) is 11.1 Å². The molecule has 0 saturated carbocycles. The summed E-state index contributed by atoms with van der Waals surface area (Å²) in [6.07, 6.45) is 3.61. The summed E-state index contributed by atoms with van der Waals surface area (Å²) in [6.45, 7) is 11.9. The van der Waals surface area contributed by atoms with Crippen molar-refractivity contribution in [2.24, 2.45) is 0 Å². The van der Waals surface area contributed by atoms with Crippen molar-refractivity contribution in [3.8, 4) is 5.75 Å². The van der Waals surface area contributed by atoms with Gasteiger partial charge in [0.25, 0.3) is 0 Å². The van der Waals surface area contributed by atoms with Gasteiger partial charge in [-0.15, -0.1) is 0 Å². The Kier molecular flexibility index (Phi) is 5.94. The van der Waals surface area contributed by atoms with Gasteiger partial charge in [0.05, 0.1) is 18.1 Å². The number of nitrogens with zero attached hydrogens (tertiary/aromatic N) is 3. The highest BCUT2D eigenvalue weighted by molar-refractivity contribution is 6.30. The Bertz CT molecular complexity index is 601. The van der Waals surface area contributed by atoms with E-state index >= 15 is 0 Å². The molecule has 0 spiro atoms. The molecule has 0 N–H and O–H groups in total. The number of amides is 1. The van der Waals surface area contributed by atoms with E-state index in [0.717, 1.165) is 18.7 Å². The van der Waals surface area contributed by atoms with Gasteiger partial charge < -0.3 is 19.3 Å². The molecule has 0 aliphatic carbocycles. The van der Waals surface area contributed by atoms with Crippen molar-refractivity contribution >= 4 is 23.4 Å². The molecule has 1 aromatic heterocycles. The van der Waals surface area contributed by atoms with Crippen LogP contribution in [0.15, 0.2) is 25.1 Å². The molecule has 0 radical (unpaired) electrons. The lowest BCUT2D eigenvalue weighted by molar-refractivity contribution is 0.0263. The Morgan fingerprint density at radius 2 is 2.08 bits per heavy atom. The predicted octanol–water partition coefficient (Wildman–Crippen LogP) is 3.70. The third-order valence-electron chi connectivity index (χ3n) is 3.52. The Morgan fingerprint density at radius 3 is 2.75 bits per heavy atom. The lowest BCUT2D eigenvalue weighted by Crippen LogP contribution is -2.39. The molecular formula is C17H24ClN3O3. The van der Waals surface area contributed by atoms with Crippen LogP contribution in [0.5, 0.6) is 5.75 Å². The fourth-order valence-corrected chi connectivity index (χ4v) is 2.60. The van der Waals surface area contributed by atoms with Crippen LogP contribution in [0.3, 0.4) is 0 Å². The molecule has 1 amide bonds. The van der Waals surface area contributed by atoms with Crippen LogP contribution < -0.4 is 9.64 Å². The largest absolute Gasteiger partial charge is 0.462 e. The third kappa shape index (κ3) is 5.03. The minimum Gasteiger partial charge on any atom is -0.462 e. The van der Waals surface area contributed by atoms with E-state index in [9.17, 15) is 4.79 Å². The van der Waals surface area contributed by atoms with Gasteiger partial charge in [0.2, 0.25) is 0 Å². The van der Waals surface area contributed by atoms with Gasteiger partial charge >= 0.3 is 6.09 Å². The van der Waals surface area contributed by atoms with Crippen molar-refractivity contribution in [2.75, 3.05) is 31.1 Å². The first-order chi connectivity index (χ1) is 11.3. The van der Waals surface area contributed by atoms with E-state index in [-0.39, 0.29) is 6.09 Å². The number of hydrogen-bond acceptors (Lipinski definition) is 5. The second kappa shape index (κ2) is 7.75. The first-order valence-electron chi connectivity index (χ1n) is 7.96. The molecule has 6 nitrogen and oxygen atoms in total. The molecule has 2 heterocycles. The standard InChI is InChI=1S/C17H24ClN3O3/c1-5-23-14-11-13(12-19-15(14)18)20-7-6-8-21(10-9-20)16(22)24-17(2,3)4/h5,11-12H,1,6-10H2,2-4H3. The highest BCUT2D eigenvalue weighted by atomic mass is 35.5. The van der Waals surface area contributed by atoms with E-state index < -0.39 is 5.60 Å². The maximum atomic E-state index is 12.2. The van der Waals surface area contributed by atoms with E-state index in [4.69, 9.17) is 21.1 Å². The van der Waals surface area contributed by atoms with E-state index in [2.05, 4.69) is 16.5 Å². The molecule has 0 unspecified atom stereocenters. The quantitative estimate of drug-likeness (QED) is 0.612. The van der Waals surface area contributed by atoms with Gasteiger partial charge in [-0.25, -0.2) is 9.78 Å². The number of hydrogen-bond donors (Lipinski definition) is 0. The maximum absolute atomic E-state index is 12.2. The van der Waals surface area contributed by atoms with Crippen molar-refractivity contribution < 1.29 is 14.3 Å². The number of pyridine rings is 1. The van der Waals surface area contributed by atoms with Crippen LogP contribution in [0.1, 0.15) is 27.2 Å². The number of rotatable bonds is 3. The number of carbonyl (C=O) groups is 1. The van der Waals surface area contributed by atoms with Gasteiger partial charge in [-0.1, -0.05) is 18.2 Å². The summed E-state index contributed by atoms with van der Waals surface area (Å²) in [5.41, 5.74) is 0.419. The first-order valence-corrected chi connectivity index (χ1v) is 8.34. The Balaban J connectivity index is 2.04. The van der Waals surface area contributed by atoms with Crippen LogP contribution in [0, 0.1) is 0 Å². The van der Waals surface area contributed by atoms with Gasteiger partial charge in [0.15, 0.2) is 10.9 Å². The lowest BCUT2D eigenvalue weighted by atomic mass is 10.2. The number of halogens is 1. The number of aromatic nitrogens is 1. The van der Waals surface area contributed by atoms with Gasteiger partial charge in [-0.05, 0) is 27.2 Å². The van der Waals surface area contributed by atoms with E-state index in [1.807, 2.05) is 26.8 Å². The minimum atomic E-state index is -0.486. The topological polar surface area (TPSA) is 54.9 Å². The molecule has 1 aliphatic rings. The Hall–Kier alpha value is -1.95. The highest BCUT2D eigenvalue weighted by Gasteiger charge is 2.24. The van der Waals surface area contributed by atoms with Crippen LogP contribution in [0.2, 0.25) is 5.15 Å². The summed E-state index contributed by atoms with van der Waals surface area (Å²) in [4.78, 5) is 20.3. The minimum absolute atomic E-state index is 0.269. The smallest absolute Gasteiger partial charge is 0.410 e. The average molecular weight is 354 g/mol. The fraction of sp³-hybridized carbons (Fsp3) is 0.529. The zero-order valence-corrected chi connectivity index (χ0v) is 15.2. The van der Waals surface area contributed by atoms with Crippen molar-refractivity contribution in [1.29, 1.82) is 0 Å². The van der Waals surface area contributed by atoms with Crippen LogP contribution in [0.25, 0.3) is 0 Å². The SMILES string of the molecule is C=COc1cc(N2CCCN(C(=O)OC(C)(C)C)CC2)cnc1Cl. The number of carbonyl (C=O) groups excluding carboxylic acids is 1. The summed E-state index contributed by atoms with van der Waals surface area (Å²) in [5.74, 6) is 0.470. The second-order valence-electron chi connectivity index (χ2n) is 6.57. The zero-order valence-electron chi connectivity index (χ0n) is 14.4. The average Bonchev–Trinajstić information content (AvgIpc) is 2.74. The summed E-state index contributed by atoms with van der Waals surface area (Å²) >= 11 is 6.00. The maximum Gasteiger partial charge on any atom is 0.410 e. The summed E-state index contributed by atoms with van der Waals surface area (Å²) in [5, 5.41) is 0.295. The second-order valence-corrected chi connectivity index (χ2v) is 6.93. The summed E-state index contributed by atoms with van der Waals surface area (Å²) in [6, 6.07) is 1.83. The molecule has 7 heteroatoms. The van der Waals surface area contributed by atoms with E-state index in [0.29, 0.717) is 30.5 Å². The van der Waals surface area contributed by atoms with Crippen LogP contribution in [-0.4, -0.2) is 47.8 Å². The number of anilines is 1. The molecule has 24 heavy (non-hydrogen) atoms. The molecule has 1 aliphatic heterocycles. The fourth-order valence-electron chi connectivity index (χ4n) is 2.45. The van der Waals surface area contributed by atoms with Gasteiger partial charge in [0, 0.05) is 32.2 Å². The van der Waals surface area contributed by atoms with Crippen LogP contribution in [-0.2, 0) is 4.74 Å². The lowest BCUT2D eigenvalue weighted by Gasteiger charge is -2.27. The summed E-state index contributed by atoms with van der Waals surface area (Å²) in [7, 11) is 0. The van der Waals surface area contributed by atoms with Gasteiger partial charge in [-0.3, -0.25) is 0 Å². The molecule has 0 bridgehead atoms. The van der Waals surface area contributed by atoms with Gasteiger partial charge in [0.1, 0.15) is 5.60 Å². The first kappa shape index (κ1) is 18.4. The van der Waals surface area contributed by atoms with Crippen molar-refractivity contribution in [3.05, 3.63) is 30.3 Å². The molecular weight excluding hydrogens is 330 g/mol. The van der Waals surface area contributed by atoms with E-state index in [1.165, 1.54) is 6.26 Å². The van der Waals surface area contributed by atoms with Crippen LogP contribution >= 0.6 is 11.6 Å². The molecule has 1 fully saturated rings. The Morgan fingerprint density at radius 1 is 1.33 bits per heavy atom. The molecule has 0 atom stereocenters. The van der Waals surface area contributed by atoms with Gasteiger partial charge in [-0.2, -0.15) is 0 Å². The molecule has 132 valence electrons. The summed E-state index contributed by atoms with van der Waals surface area (Å²) < 4.78 is 10.7. The van der Waals surface area contributed by atoms with Crippen LogP contribution in [0.4, 0.5) is 10.5 Å². The molecule has 1 aromatic rings. The number of ether oxygens (including phenoxy) is 2. The normalized spacial score (nSPS) is 15.7. The highest BCUT2D eigenvalue weighted by Crippen LogP contribution is 2.28. The van der Waals surface area contributed by atoms with Crippen molar-refractivity contribution in [1.82, 2.24) is 9.88 Å². The third-order valence-corrected chi connectivity index (χ3v) is 3.80. The van der Waals surface area contributed by atoms with Crippen molar-refractivity contribution in [3.63, 3.8) is 0 Å². The monoisotopic (exact) mass is 353 g/mol. The Labute approximate surface area is 148 Å². The molecule has 2 rings (SSSR count). The molecule has 0 aromatic carbocycles. The predicted molar refractivity (Wildman–Crippen MR) is 94.7 cm³/mol. The molecule has 1 saturated heterocycles. The zero-order chi connectivity index (χ0) is 17.7. The van der Waals surface area contributed by atoms with Crippen molar-refractivity contribution in [2.45, 2.75) is 32.8 Å².